The first-order valence-corrected chi connectivity index (χ1v) is 11.8. The van der Waals surface area contributed by atoms with Crippen molar-refractivity contribution in [1.29, 1.82) is 0 Å². The molecule has 5 N–H and O–H groups in total. The van der Waals surface area contributed by atoms with Crippen molar-refractivity contribution in [2.75, 3.05) is 38.7 Å². The summed E-state index contributed by atoms with van der Waals surface area (Å²) >= 11 is 0. The second kappa shape index (κ2) is 8.58. The second-order valence-corrected chi connectivity index (χ2v) is 9.30. The second-order valence-electron chi connectivity index (χ2n) is 9.30. The number of phenols is 2. The van der Waals surface area contributed by atoms with Crippen LogP contribution in [0.5, 0.6) is 34.5 Å². The SMILES string of the molecule is COc1cc([C@@H]2c3cc4c(cc3[C@@H](Nc3cc(N)ccc3O)[C@H]3COC(=O)[C@H]23)OCO4)cc(OC)c1O. The summed E-state index contributed by atoms with van der Waals surface area (Å²) in [6.07, 6.45) is 0. The van der Waals surface area contributed by atoms with Gasteiger partial charge in [-0.2, -0.15) is 0 Å². The van der Waals surface area contributed by atoms with E-state index in [0.717, 1.165) is 11.1 Å². The van der Waals surface area contributed by atoms with E-state index in [1.54, 1.807) is 24.3 Å². The van der Waals surface area contributed by atoms with E-state index in [-0.39, 0.29) is 48.3 Å². The van der Waals surface area contributed by atoms with Crippen molar-refractivity contribution < 1.29 is 38.7 Å². The molecule has 0 saturated carbocycles. The topological polar surface area (TPSA) is 142 Å². The van der Waals surface area contributed by atoms with E-state index in [0.29, 0.717) is 28.4 Å². The number of aromatic hydroxyl groups is 2. The maximum absolute atomic E-state index is 13.2. The minimum absolute atomic E-state index is 0.0356. The fourth-order valence-corrected chi connectivity index (χ4v) is 5.68. The van der Waals surface area contributed by atoms with Gasteiger partial charge in [0.25, 0.3) is 0 Å². The number of rotatable bonds is 5. The largest absolute Gasteiger partial charge is 0.506 e. The molecule has 2 aliphatic heterocycles. The fourth-order valence-electron chi connectivity index (χ4n) is 5.68. The molecule has 1 fully saturated rings. The van der Waals surface area contributed by atoms with Crippen LogP contribution in [-0.2, 0) is 9.53 Å². The highest BCUT2D eigenvalue weighted by Crippen LogP contribution is 2.56. The number of ether oxygens (including phenoxy) is 5. The fraction of sp³-hybridized carbons (Fsp3) is 0.296. The Labute approximate surface area is 212 Å². The van der Waals surface area contributed by atoms with Crippen LogP contribution in [-0.4, -0.2) is 43.8 Å². The predicted octanol–water partition coefficient (Wildman–Crippen LogP) is 3.51. The van der Waals surface area contributed by atoms with Gasteiger partial charge < -0.3 is 44.9 Å². The van der Waals surface area contributed by atoms with Gasteiger partial charge in [0.15, 0.2) is 23.0 Å². The number of hydrogen-bond acceptors (Lipinski definition) is 10. The van der Waals surface area contributed by atoms with Gasteiger partial charge in [0, 0.05) is 17.5 Å². The van der Waals surface area contributed by atoms with Gasteiger partial charge in [-0.25, -0.2) is 0 Å². The van der Waals surface area contributed by atoms with E-state index < -0.39 is 17.9 Å². The Morgan fingerprint density at radius 1 is 0.946 bits per heavy atom. The summed E-state index contributed by atoms with van der Waals surface area (Å²) in [5.41, 5.74) is 9.31. The van der Waals surface area contributed by atoms with Crippen molar-refractivity contribution in [3.63, 3.8) is 0 Å². The van der Waals surface area contributed by atoms with Crippen LogP contribution in [0.3, 0.4) is 0 Å². The zero-order chi connectivity index (χ0) is 25.8. The third-order valence-electron chi connectivity index (χ3n) is 7.38. The molecule has 0 radical (unpaired) electrons. The van der Waals surface area contributed by atoms with Gasteiger partial charge in [0.1, 0.15) is 5.75 Å². The molecule has 1 saturated heterocycles. The van der Waals surface area contributed by atoms with E-state index in [1.807, 2.05) is 12.1 Å². The number of esters is 1. The van der Waals surface area contributed by atoms with Crippen LogP contribution < -0.4 is 30.0 Å². The Hall–Kier alpha value is -4.47. The first-order chi connectivity index (χ1) is 17.9. The van der Waals surface area contributed by atoms with Crippen LogP contribution in [0, 0.1) is 11.8 Å². The molecule has 3 aromatic rings. The van der Waals surface area contributed by atoms with Crippen LogP contribution in [0.1, 0.15) is 28.7 Å². The zero-order valence-electron chi connectivity index (χ0n) is 20.2. The van der Waals surface area contributed by atoms with Gasteiger partial charge in [-0.3, -0.25) is 4.79 Å². The summed E-state index contributed by atoms with van der Waals surface area (Å²) in [6, 6.07) is 11.6. The Kier molecular flexibility index (Phi) is 5.32. The number of fused-ring (bicyclic) bond motifs is 3. The Morgan fingerprint density at radius 2 is 1.62 bits per heavy atom. The number of carbonyl (C=O) groups is 1. The molecule has 10 heteroatoms. The van der Waals surface area contributed by atoms with Crippen molar-refractivity contribution in [1.82, 2.24) is 0 Å². The van der Waals surface area contributed by atoms with E-state index in [9.17, 15) is 15.0 Å². The number of carbonyl (C=O) groups excluding carboxylic acids is 1. The van der Waals surface area contributed by atoms with Crippen LogP contribution in [0.2, 0.25) is 0 Å². The minimum atomic E-state index is -0.576. The number of cyclic esters (lactones) is 1. The number of benzene rings is 3. The van der Waals surface area contributed by atoms with Crippen LogP contribution in [0.25, 0.3) is 0 Å². The molecule has 0 amide bonds. The molecule has 3 aromatic carbocycles. The zero-order valence-corrected chi connectivity index (χ0v) is 20.2. The number of phenolic OH excluding ortho intramolecular Hbond substituents is 2. The summed E-state index contributed by atoms with van der Waals surface area (Å²) in [5, 5.41) is 24.4. The molecule has 2 heterocycles. The summed E-state index contributed by atoms with van der Waals surface area (Å²) in [7, 11) is 2.91. The van der Waals surface area contributed by atoms with Gasteiger partial charge in [-0.15, -0.1) is 0 Å². The van der Waals surface area contributed by atoms with Crippen molar-refractivity contribution in [2.24, 2.45) is 11.8 Å². The number of hydrogen-bond donors (Lipinski definition) is 4. The summed E-state index contributed by atoms with van der Waals surface area (Å²) < 4.78 is 27.8. The molecular formula is C27H26N2O8. The van der Waals surface area contributed by atoms with Crippen molar-refractivity contribution in [3.05, 3.63) is 59.2 Å². The lowest BCUT2D eigenvalue weighted by Gasteiger charge is -2.40. The first-order valence-electron chi connectivity index (χ1n) is 11.8. The average Bonchev–Trinajstić information content (AvgIpc) is 3.51. The van der Waals surface area contributed by atoms with E-state index in [4.69, 9.17) is 29.4 Å². The van der Waals surface area contributed by atoms with Gasteiger partial charge in [0.05, 0.1) is 38.5 Å². The molecule has 0 unspecified atom stereocenters. The van der Waals surface area contributed by atoms with Crippen LogP contribution in [0.4, 0.5) is 11.4 Å². The molecule has 10 nitrogen and oxygen atoms in total. The van der Waals surface area contributed by atoms with Crippen molar-refractivity contribution in [2.45, 2.75) is 12.0 Å². The van der Waals surface area contributed by atoms with Crippen LogP contribution in [0.15, 0.2) is 42.5 Å². The lowest BCUT2D eigenvalue weighted by atomic mass is 9.65. The van der Waals surface area contributed by atoms with Gasteiger partial charge >= 0.3 is 5.97 Å². The van der Waals surface area contributed by atoms with E-state index in [2.05, 4.69) is 5.32 Å². The van der Waals surface area contributed by atoms with E-state index >= 15 is 0 Å². The Balaban J connectivity index is 1.56. The number of anilines is 2. The highest BCUT2D eigenvalue weighted by Gasteiger charge is 2.52. The third-order valence-corrected chi connectivity index (χ3v) is 7.38. The highest BCUT2D eigenvalue weighted by molar-refractivity contribution is 5.79. The molecule has 37 heavy (non-hydrogen) atoms. The van der Waals surface area contributed by atoms with Gasteiger partial charge in [-0.1, -0.05) is 0 Å². The van der Waals surface area contributed by atoms with Crippen LogP contribution >= 0.6 is 0 Å². The number of nitrogens with two attached hydrogens (primary N) is 1. The summed E-state index contributed by atoms with van der Waals surface area (Å²) in [6.45, 7) is 0.272. The number of nitrogen functional groups attached to an aromatic ring is 1. The molecule has 1 aliphatic carbocycles. The quantitative estimate of drug-likeness (QED) is 0.176. The molecule has 0 spiro atoms. The monoisotopic (exact) mass is 506 g/mol. The third kappa shape index (κ3) is 3.59. The highest BCUT2D eigenvalue weighted by atomic mass is 16.7. The van der Waals surface area contributed by atoms with Crippen molar-refractivity contribution >= 4 is 17.3 Å². The Bertz CT molecular complexity index is 1380. The minimum Gasteiger partial charge on any atom is -0.506 e. The molecule has 0 bridgehead atoms. The summed E-state index contributed by atoms with van der Waals surface area (Å²) in [4.78, 5) is 13.2. The lowest BCUT2D eigenvalue weighted by molar-refractivity contribution is -0.141. The standard InChI is InChI=1S/C27H26N2O8/c1-33-21-5-12(6-22(34-2)26(21)31)23-14-8-19-20(37-11-36-19)9-15(14)25(16-10-35-27(32)24(16)23)29-17-7-13(28)3-4-18(17)30/h3-9,16,23-25,29-31H,10-11,28H2,1-2H3/t16-,23+,24-,25+/m0/s1. The first kappa shape index (κ1) is 23.0. The maximum atomic E-state index is 13.2. The predicted molar refractivity (Wildman–Crippen MR) is 132 cm³/mol. The molecular weight excluding hydrogens is 480 g/mol. The normalized spacial score (nSPS) is 23.1. The molecule has 6 rings (SSSR count). The summed E-state index contributed by atoms with van der Waals surface area (Å²) in [5.74, 6) is -0.152. The molecule has 3 aliphatic rings. The smallest absolute Gasteiger partial charge is 0.310 e. The van der Waals surface area contributed by atoms with Gasteiger partial charge in [0.2, 0.25) is 12.5 Å². The molecule has 192 valence electrons. The molecule has 0 aromatic heterocycles. The maximum Gasteiger partial charge on any atom is 0.310 e. The Morgan fingerprint density at radius 3 is 2.30 bits per heavy atom. The lowest BCUT2D eigenvalue weighted by Crippen LogP contribution is -2.37. The van der Waals surface area contributed by atoms with Crippen molar-refractivity contribution in [3.8, 4) is 34.5 Å². The van der Waals surface area contributed by atoms with Gasteiger partial charge in [-0.05, 0) is 59.2 Å². The average molecular weight is 507 g/mol. The number of nitrogens with one attached hydrogen (secondary N) is 1. The van der Waals surface area contributed by atoms with E-state index in [1.165, 1.54) is 20.3 Å². The number of methoxy groups -OCH3 is 2. The molecule has 4 atom stereocenters.